The zero-order chi connectivity index (χ0) is 13.8. The molecular formula is C16H25BrN2. The average molecular weight is 325 g/mol. The molecule has 1 aromatic carbocycles. The summed E-state index contributed by atoms with van der Waals surface area (Å²) in [5.74, 6) is 0.559. The van der Waals surface area contributed by atoms with E-state index >= 15 is 0 Å². The van der Waals surface area contributed by atoms with Crippen LogP contribution in [0.25, 0.3) is 0 Å². The predicted molar refractivity (Wildman–Crippen MR) is 85.1 cm³/mol. The molecule has 19 heavy (non-hydrogen) atoms. The van der Waals surface area contributed by atoms with Crippen molar-refractivity contribution in [3.05, 3.63) is 34.3 Å². The number of nitrogens with two attached hydrogens (primary N) is 1. The molecule has 2 rings (SSSR count). The molecule has 1 saturated heterocycles. The van der Waals surface area contributed by atoms with E-state index in [4.69, 9.17) is 5.73 Å². The van der Waals surface area contributed by atoms with Crippen LogP contribution in [0.2, 0.25) is 0 Å². The molecule has 0 aromatic heterocycles. The van der Waals surface area contributed by atoms with Crippen LogP contribution < -0.4 is 5.73 Å². The summed E-state index contributed by atoms with van der Waals surface area (Å²) in [5.41, 5.74) is 7.47. The minimum atomic E-state index is 0.447. The van der Waals surface area contributed by atoms with Gasteiger partial charge in [0.1, 0.15) is 0 Å². The molecule has 2 N–H and O–H groups in total. The van der Waals surface area contributed by atoms with Crippen LogP contribution in [-0.2, 0) is 0 Å². The van der Waals surface area contributed by atoms with Gasteiger partial charge < -0.3 is 5.73 Å². The fourth-order valence-corrected chi connectivity index (χ4v) is 3.76. The Kier molecular flexibility index (Phi) is 5.43. The Labute approximate surface area is 125 Å². The summed E-state index contributed by atoms with van der Waals surface area (Å²) in [6, 6.07) is 9.62. The lowest BCUT2D eigenvalue weighted by molar-refractivity contribution is 0.121. The summed E-state index contributed by atoms with van der Waals surface area (Å²) in [6.45, 7) is 6.54. The highest BCUT2D eigenvalue weighted by Crippen LogP contribution is 2.38. The molecule has 1 aliphatic heterocycles. The number of benzene rings is 1. The van der Waals surface area contributed by atoms with Gasteiger partial charge in [0, 0.05) is 16.6 Å². The molecule has 1 aliphatic rings. The molecule has 0 bridgehead atoms. The summed E-state index contributed by atoms with van der Waals surface area (Å²) in [7, 11) is 0. The van der Waals surface area contributed by atoms with E-state index in [0.29, 0.717) is 18.0 Å². The van der Waals surface area contributed by atoms with Gasteiger partial charge in [0.05, 0.1) is 0 Å². The van der Waals surface area contributed by atoms with Crippen molar-refractivity contribution in [1.82, 2.24) is 4.90 Å². The number of hydrogen-bond acceptors (Lipinski definition) is 2. The van der Waals surface area contributed by atoms with Crippen molar-refractivity contribution in [3.8, 4) is 0 Å². The van der Waals surface area contributed by atoms with Crippen molar-refractivity contribution in [2.24, 2.45) is 11.7 Å². The molecule has 1 heterocycles. The monoisotopic (exact) mass is 324 g/mol. The number of halogens is 1. The Morgan fingerprint density at radius 3 is 2.68 bits per heavy atom. The van der Waals surface area contributed by atoms with Crippen LogP contribution in [-0.4, -0.2) is 24.0 Å². The third kappa shape index (κ3) is 3.39. The van der Waals surface area contributed by atoms with E-state index < -0.39 is 0 Å². The van der Waals surface area contributed by atoms with Gasteiger partial charge in [0.25, 0.3) is 0 Å². The van der Waals surface area contributed by atoms with Crippen LogP contribution in [0, 0.1) is 5.92 Å². The molecule has 2 unspecified atom stereocenters. The highest BCUT2D eigenvalue weighted by atomic mass is 79.9. The van der Waals surface area contributed by atoms with E-state index in [-0.39, 0.29) is 0 Å². The molecule has 0 amide bonds. The van der Waals surface area contributed by atoms with Gasteiger partial charge >= 0.3 is 0 Å². The largest absolute Gasteiger partial charge is 0.330 e. The third-order valence-corrected chi connectivity index (χ3v) is 4.96. The van der Waals surface area contributed by atoms with Gasteiger partial charge in [-0.15, -0.1) is 0 Å². The summed E-state index contributed by atoms with van der Waals surface area (Å²) in [6.07, 6.45) is 3.83. The van der Waals surface area contributed by atoms with Gasteiger partial charge in [0.2, 0.25) is 0 Å². The van der Waals surface area contributed by atoms with Crippen LogP contribution in [0.4, 0.5) is 0 Å². The van der Waals surface area contributed by atoms with Gasteiger partial charge in [-0.25, -0.2) is 0 Å². The summed E-state index contributed by atoms with van der Waals surface area (Å²) < 4.78 is 1.21. The first-order valence-corrected chi connectivity index (χ1v) is 8.14. The van der Waals surface area contributed by atoms with Crippen LogP contribution in [0.1, 0.15) is 44.7 Å². The Morgan fingerprint density at radius 1 is 1.32 bits per heavy atom. The van der Waals surface area contributed by atoms with Gasteiger partial charge in [-0.1, -0.05) is 40.5 Å². The van der Waals surface area contributed by atoms with Gasteiger partial charge in [-0.2, -0.15) is 0 Å². The molecule has 0 aliphatic carbocycles. The van der Waals surface area contributed by atoms with E-state index in [1.54, 1.807) is 0 Å². The Hall–Kier alpha value is -0.380. The van der Waals surface area contributed by atoms with E-state index in [2.05, 4.69) is 58.9 Å². The Balaban J connectivity index is 2.40. The lowest BCUT2D eigenvalue weighted by atomic mass is 9.88. The normalized spacial score (nSPS) is 25.5. The smallest absolute Gasteiger partial charge is 0.0402 e. The lowest BCUT2D eigenvalue weighted by Gasteiger charge is -2.38. The molecule has 0 radical (unpaired) electrons. The van der Waals surface area contributed by atoms with Crippen molar-refractivity contribution < 1.29 is 0 Å². The molecule has 1 fully saturated rings. The molecule has 106 valence electrons. The second-order valence-electron chi connectivity index (χ2n) is 5.79. The van der Waals surface area contributed by atoms with Gasteiger partial charge in [-0.3, -0.25) is 4.90 Å². The predicted octanol–water partition coefficient (Wildman–Crippen LogP) is 3.96. The van der Waals surface area contributed by atoms with Gasteiger partial charge in [0.15, 0.2) is 0 Å². The highest BCUT2D eigenvalue weighted by molar-refractivity contribution is 9.10. The number of nitrogens with zero attached hydrogens (tertiary/aromatic N) is 1. The minimum Gasteiger partial charge on any atom is -0.330 e. The van der Waals surface area contributed by atoms with Crippen molar-refractivity contribution >= 4 is 15.9 Å². The summed E-state index contributed by atoms with van der Waals surface area (Å²) >= 11 is 3.72. The third-order valence-electron chi connectivity index (χ3n) is 4.23. The quantitative estimate of drug-likeness (QED) is 0.911. The van der Waals surface area contributed by atoms with Gasteiger partial charge in [-0.05, 0) is 57.3 Å². The zero-order valence-electron chi connectivity index (χ0n) is 12.0. The fraction of sp³-hybridized carbons (Fsp3) is 0.625. The first-order valence-electron chi connectivity index (χ1n) is 7.35. The van der Waals surface area contributed by atoms with Crippen LogP contribution >= 0.6 is 15.9 Å². The number of rotatable bonds is 3. The minimum absolute atomic E-state index is 0.447. The van der Waals surface area contributed by atoms with Crippen molar-refractivity contribution in [2.45, 2.75) is 45.2 Å². The summed E-state index contributed by atoms with van der Waals surface area (Å²) in [5, 5.41) is 0. The molecule has 2 nitrogen and oxygen atoms in total. The van der Waals surface area contributed by atoms with Crippen LogP contribution in [0.5, 0.6) is 0 Å². The van der Waals surface area contributed by atoms with Crippen LogP contribution in [0.3, 0.4) is 0 Å². The van der Waals surface area contributed by atoms with Crippen molar-refractivity contribution in [1.29, 1.82) is 0 Å². The first kappa shape index (κ1) is 15.0. The Morgan fingerprint density at radius 2 is 2.05 bits per heavy atom. The second-order valence-corrected chi connectivity index (χ2v) is 6.64. The number of hydrogen-bond donors (Lipinski definition) is 1. The van der Waals surface area contributed by atoms with Crippen molar-refractivity contribution in [3.63, 3.8) is 0 Å². The molecule has 0 spiro atoms. The fourth-order valence-electron chi connectivity index (χ4n) is 3.24. The average Bonchev–Trinajstić information content (AvgIpc) is 2.61. The molecule has 2 atom stereocenters. The second kappa shape index (κ2) is 6.87. The van der Waals surface area contributed by atoms with Crippen LogP contribution in [0.15, 0.2) is 28.7 Å². The topological polar surface area (TPSA) is 29.3 Å². The number of likely N-dealkylation sites (tertiary alicyclic amines) is 1. The van der Waals surface area contributed by atoms with E-state index in [1.165, 1.54) is 35.8 Å². The zero-order valence-corrected chi connectivity index (χ0v) is 13.6. The standard InChI is InChI=1S/C16H25BrN2/c1-12(2)19-10-6-5-7-13(11-18)16(19)14-8-3-4-9-15(14)17/h3-4,8-9,12-13,16H,5-7,10-11,18H2,1-2H3. The maximum absolute atomic E-state index is 6.07. The molecular weight excluding hydrogens is 300 g/mol. The molecule has 3 heteroatoms. The Bertz CT molecular complexity index is 405. The first-order chi connectivity index (χ1) is 9.15. The van der Waals surface area contributed by atoms with E-state index in [9.17, 15) is 0 Å². The lowest BCUT2D eigenvalue weighted by Crippen LogP contribution is -2.40. The van der Waals surface area contributed by atoms with Crippen molar-refractivity contribution in [2.75, 3.05) is 13.1 Å². The van der Waals surface area contributed by atoms with E-state index in [0.717, 1.165) is 6.54 Å². The maximum atomic E-state index is 6.07. The SMILES string of the molecule is CC(C)N1CCCCC(CN)C1c1ccccc1Br. The summed E-state index contributed by atoms with van der Waals surface area (Å²) in [4.78, 5) is 2.63. The maximum Gasteiger partial charge on any atom is 0.0402 e. The molecule has 0 saturated carbocycles. The van der Waals surface area contributed by atoms with E-state index in [1.807, 2.05) is 0 Å². The molecule has 1 aromatic rings. The highest BCUT2D eigenvalue weighted by Gasteiger charge is 2.32.